The van der Waals surface area contributed by atoms with Crippen molar-refractivity contribution < 1.29 is 13.6 Å². The van der Waals surface area contributed by atoms with Crippen LogP contribution in [-0.4, -0.2) is 13.2 Å². The fourth-order valence-corrected chi connectivity index (χ4v) is 3.18. The van der Waals surface area contributed by atoms with Gasteiger partial charge in [0.15, 0.2) is 0 Å². The van der Waals surface area contributed by atoms with Crippen LogP contribution in [0.1, 0.15) is 25.2 Å². The third-order valence-electron chi connectivity index (χ3n) is 2.17. The molecular weight excluding hydrogens is 296 g/mol. The first-order valence-electron chi connectivity index (χ1n) is 5.43. The Kier molecular flexibility index (Phi) is 8.11. The highest BCUT2D eigenvalue weighted by Gasteiger charge is 2.33. The van der Waals surface area contributed by atoms with Crippen LogP contribution in [0, 0.1) is 0 Å². The molecule has 0 saturated heterocycles. The lowest BCUT2D eigenvalue weighted by Crippen LogP contribution is -2.14. The van der Waals surface area contributed by atoms with E-state index in [2.05, 4.69) is 0 Å². The Morgan fingerprint density at radius 1 is 1.22 bits per heavy atom. The number of halogens is 2. The molecule has 18 heavy (non-hydrogen) atoms. The molecule has 0 amide bonds. The van der Waals surface area contributed by atoms with Gasteiger partial charge in [0.2, 0.25) is 0 Å². The average Bonchev–Trinajstić information content (AvgIpc) is 2.30. The van der Waals surface area contributed by atoms with Crippen LogP contribution in [0.3, 0.4) is 0 Å². The smallest absolute Gasteiger partial charge is 0.314 e. The van der Waals surface area contributed by atoms with Crippen LogP contribution in [0.5, 0.6) is 0 Å². The zero-order valence-corrected chi connectivity index (χ0v) is 12.8. The van der Waals surface area contributed by atoms with Gasteiger partial charge < -0.3 is 14.8 Å². The van der Waals surface area contributed by atoms with E-state index >= 15 is 0 Å². The number of rotatable bonds is 6. The molecule has 0 heterocycles. The van der Waals surface area contributed by atoms with Crippen molar-refractivity contribution in [2.75, 3.05) is 13.2 Å². The van der Waals surface area contributed by atoms with E-state index in [0.717, 1.165) is 0 Å². The quantitative estimate of drug-likeness (QED) is 0.807. The van der Waals surface area contributed by atoms with E-state index in [1.165, 1.54) is 0 Å². The standard InChI is InChI=1S/C11H17ClNO3P.ClH/c1-3-15-17(14,16-4-2)11(13)9-5-7-10(12)8-6-9;/h5-8,11H,3-4,13H2,1-2H3;1H. The maximum Gasteiger partial charge on any atom is 0.351 e. The van der Waals surface area contributed by atoms with Gasteiger partial charge in [-0.15, -0.1) is 12.4 Å². The van der Waals surface area contributed by atoms with Gasteiger partial charge in [-0.3, -0.25) is 4.57 Å². The zero-order chi connectivity index (χ0) is 12.9. The molecule has 1 aromatic carbocycles. The molecule has 1 atom stereocenters. The minimum atomic E-state index is -3.31. The van der Waals surface area contributed by atoms with E-state index in [9.17, 15) is 4.57 Å². The molecular formula is C11H18Cl2NO3P. The number of hydrogen-bond donors (Lipinski definition) is 1. The van der Waals surface area contributed by atoms with Gasteiger partial charge >= 0.3 is 7.60 Å². The van der Waals surface area contributed by atoms with Gasteiger partial charge in [0, 0.05) is 5.02 Å². The van der Waals surface area contributed by atoms with E-state index in [0.29, 0.717) is 23.8 Å². The molecule has 0 bridgehead atoms. The van der Waals surface area contributed by atoms with Gasteiger partial charge in [0.25, 0.3) is 0 Å². The third-order valence-corrected chi connectivity index (χ3v) is 4.64. The maximum absolute atomic E-state index is 12.4. The summed E-state index contributed by atoms with van der Waals surface area (Å²) in [6.07, 6.45) is 0. The molecule has 104 valence electrons. The third kappa shape index (κ3) is 4.54. The van der Waals surface area contributed by atoms with Crippen molar-refractivity contribution in [2.24, 2.45) is 5.73 Å². The lowest BCUT2D eigenvalue weighted by atomic mass is 10.2. The second kappa shape index (κ2) is 8.16. The Labute approximate surface area is 119 Å². The number of benzene rings is 1. The Hall–Kier alpha value is -0.0900. The van der Waals surface area contributed by atoms with Gasteiger partial charge in [0.05, 0.1) is 13.2 Å². The van der Waals surface area contributed by atoms with Gasteiger partial charge in [0.1, 0.15) is 5.78 Å². The predicted octanol–water partition coefficient (Wildman–Crippen LogP) is 3.99. The first-order valence-corrected chi connectivity index (χ1v) is 7.42. The fraction of sp³-hybridized carbons (Fsp3) is 0.455. The molecule has 0 spiro atoms. The fourth-order valence-electron chi connectivity index (χ4n) is 1.40. The van der Waals surface area contributed by atoms with Crippen LogP contribution in [0.25, 0.3) is 0 Å². The molecule has 0 fully saturated rings. The van der Waals surface area contributed by atoms with E-state index in [1.54, 1.807) is 38.1 Å². The van der Waals surface area contributed by atoms with Crippen molar-refractivity contribution in [3.8, 4) is 0 Å². The van der Waals surface area contributed by atoms with Crippen LogP contribution in [-0.2, 0) is 13.6 Å². The molecule has 1 aromatic rings. The molecule has 2 N–H and O–H groups in total. The molecule has 4 nitrogen and oxygen atoms in total. The Bertz CT molecular complexity index is 390. The van der Waals surface area contributed by atoms with Crippen LogP contribution in [0.15, 0.2) is 24.3 Å². The molecule has 1 unspecified atom stereocenters. The Morgan fingerprint density at radius 2 is 1.67 bits per heavy atom. The van der Waals surface area contributed by atoms with Gasteiger partial charge in [-0.2, -0.15) is 0 Å². The first kappa shape index (κ1) is 17.9. The van der Waals surface area contributed by atoms with Gasteiger partial charge in [-0.05, 0) is 31.5 Å². The highest BCUT2D eigenvalue weighted by atomic mass is 35.5. The topological polar surface area (TPSA) is 61.5 Å². The van der Waals surface area contributed by atoms with Crippen molar-refractivity contribution >= 4 is 31.6 Å². The molecule has 0 aromatic heterocycles. The normalized spacial score (nSPS) is 12.9. The SMILES string of the molecule is CCOP(=O)(OCC)C(N)c1ccc(Cl)cc1.Cl. The summed E-state index contributed by atoms with van der Waals surface area (Å²) in [7, 11) is -3.31. The Balaban J connectivity index is 0.00000289. The summed E-state index contributed by atoms with van der Waals surface area (Å²) < 4.78 is 22.8. The van der Waals surface area contributed by atoms with Crippen LogP contribution in [0.4, 0.5) is 0 Å². The van der Waals surface area contributed by atoms with Gasteiger partial charge in [-0.25, -0.2) is 0 Å². The molecule has 0 saturated carbocycles. The highest BCUT2D eigenvalue weighted by molar-refractivity contribution is 7.54. The van der Waals surface area contributed by atoms with Gasteiger partial charge in [-0.1, -0.05) is 23.7 Å². The van der Waals surface area contributed by atoms with Crippen LogP contribution < -0.4 is 5.73 Å². The lowest BCUT2D eigenvalue weighted by molar-refractivity contribution is 0.212. The summed E-state index contributed by atoms with van der Waals surface area (Å²) in [6.45, 7) is 4.08. The molecule has 7 heteroatoms. The molecule has 0 radical (unpaired) electrons. The minimum Gasteiger partial charge on any atom is -0.314 e. The summed E-state index contributed by atoms with van der Waals surface area (Å²) in [4.78, 5) is 0. The molecule has 0 aliphatic carbocycles. The van der Waals surface area contributed by atoms with Crippen molar-refractivity contribution in [1.82, 2.24) is 0 Å². The zero-order valence-electron chi connectivity index (χ0n) is 10.3. The second-order valence-corrected chi connectivity index (χ2v) is 5.96. The molecule has 1 rings (SSSR count). The summed E-state index contributed by atoms with van der Waals surface area (Å²) >= 11 is 5.78. The van der Waals surface area contributed by atoms with Crippen molar-refractivity contribution in [1.29, 1.82) is 0 Å². The van der Waals surface area contributed by atoms with E-state index in [-0.39, 0.29) is 12.4 Å². The summed E-state index contributed by atoms with van der Waals surface area (Å²) in [5, 5.41) is 0.601. The Morgan fingerprint density at radius 3 is 2.06 bits per heavy atom. The maximum atomic E-state index is 12.4. The molecule has 0 aliphatic rings. The minimum absolute atomic E-state index is 0. The first-order chi connectivity index (χ1) is 8.03. The highest BCUT2D eigenvalue weighted by Crippen LogP contribution is 2.58. The van der Waals surface area contributed by atoms with E-state index in [1.807, 2.05) is 0 Å². The van der Waals surface area contributed by atoms with Crippen molar-refractivity contribution in [3.63, 3.8) is 0 Å². The predicted molar refractivity (Wildman–Crippen MR) is 76.5 cm³/mol. The monoisotopic (exact) mass is 313 g/mol. The largest absolute Gasteiger partial charge is 0.351 e. The van der Waals surface area contributed by atoms with E-state index < -0.39 is 13.4 Å². The van der Waals surface area contributed by atoms with Crippen molar-refractivity contribution in [3.05, 3.63) is 34.9 Å². The second-order valence-electron chi connectivity index (χ2n) is 3.37. The van der Waals surface area contributed by atoms with Crippen LogP contribution in [0.2, 0.25) is 5.02 Å². The molecule has 0 aliphatic heterocycles. The summed E-state index contributed by atoms with van der Waals surface area (Å²) in [6, 6.07) is 6.83. The van der Waals surface area contributed by atoms with Crippen LogP contribution >= 0.6 is 31.6 Å². The number of nitrogens with two attached hydrogens (primary N) is 1. The van der Waals surface area contributed by atoms with Crippen molar-refractivity contribution in [2.45, 2.75) is 19.6 Å². The summed E-state index contributed by atoms with van der Waals surface area (Å²) in [5.41, 5.74) is 6.62. The average molecular weight is 314 g/mol. The summed E-state index contributed by atoms with van der Waals surface area (Å²) in [5.74, 6) is -0.792. The van der Waals surface area contributed by atoms with E-state index in [4.69, 9.17) is 26.4 Å². The number of hydrogen-bond acceptors (Lipinski definition) is 4. The lowest BCUT2D eigenvalue weighted by Gasteiger charge is -2.23.